The highest BCUT2D eigenvalue weighted by molar-refractivity contribution is 6.30. The van der Waals surface area contributed by atoms with Gasteiger partial charge in [-0.15, -0.1) is 0 Å². The van der Waals surface area contributed by atoms with Crippen LogP contribution in [0.4, 0.5) is 5.69 Å². The fourth-order valence-electron chi connectivity index (χ4n) is 2.42. The predicted octanol–water partition coefficient (Wildman–Crippen LogP) is 4.53. The summed E-state index contributed by atoms with van der Waals surface area (Å²) in [6.45, 7) is 4.98. The number of nitro benzene ring substituents is 1. The fraction of sp³-hybridized carbons (Fsp3) is 0.278. The minimum Gasteiger partial charge on any atom is -0.493 e. The van der Waals surface area contributed by atoms with Crippen LogP contribution in [0.1, 0.15) is 24.2 Å². The van der Waals surface area contributed by atoms with Crippen LogP contribution >= 0.6 is 11.6 Å². The van der Waals surface area contributed by atoms with Gasteiger partial charge in [0.05, 0.1) is 12.0 Å². The van der Waals surface area contributed by atoms with Gasteiger partial charge in [0.1, 0.15) is 0 Å². The summed E-state index contributed by atoms with van der Waals surface area (Å²) < 4.78 is 10.9. The van der Waals surface area contributed by atoms with E-state index in [9.17, 15) is 14.9 Å². The van der Waals surface area contributed by atoms with Crippen LogP contribution in [0, 0.1) is 10.1 Å². The van der Waals surface area contributed by atoms with Crippen molar-refractivity contribution in [2.24, 2.45) is 0 Å². The van der Waals surface area contributed by atoms with Crippen LogP contribution in [0.2, 0.25) is 5.02 Å². The molecule has 2 aromatic rings. The third-order valence-electron chi connectivity index (χ3n) is 3.80. The molecule has 0 unspecified atom stereocenters. The van der Waals surface area contributed by atoms with Crippen LogP contribution < -0.4 is 9.47 Å². The topological polar surface area (TPSA) is 81.9 Å². The molecule has 0 atom stereocenters. The lowest BCUT2D eigenvalue weighted by Crippen LogP contribution is -2.30. The average Bonchev–Trinajstić information content (AvgIpc) is 2.64. The normalized spacial score (nSPS) is 10.3. The van der Waals surface area contributed by atoms with Gasteiger partial charge in [0.2, 0.25) is 5.75 Å². The highest BCUT2D eigenvalue weighted by Crippen LogP contribution is 2.38. The Bertz CT molecular complexity index is 821. The van der Waals surface area contributed by atoms with E-state index in [0.29, 0.717) is 24.4 Å². The molecule has 0 heterocycles. The molecule has 0 aliphatic rings. The fourth-order valence-corrected chi connectivity index (χ4v) is 2.58. The number of hydrogen-bond acceptors (Lipinski definition) is 5. The van der Waals surface area contributed by atoms with Crippen molar-refractivity contribution >= 4 is 23.2 Å². The smallest absolute Gasteiger partial charge is 0.313 e. The van der Waals surface area contributed by atoms with Crippen molar-refractivity contribution in [2.75, 3.05) is 20.2 Å². The molecular formula is C18H19ClN2O5. The first kappa shape index (κ1) is 19.5. The van der Waals surface area contributed by atoms with E-state index >= 15 is 0 Å². The van der Waals surface area contributed by atoms with E-state index in [-0.39, 0.29) is 28.1 Å². The quantitative estimate of drug-likeness (QED) is 0.522. The van der Waals surface area contributed by atoms with Crippen molar-refractivity contribution in [3.8, 4) is 17.2 Å². The first-order chi connectivity index (χ1) is 12.4. The number of carbonyl (C=O) groups excluding carboxylic acids is 1. The van der Waals surface area contributed by atoms with E-state index in [1.807, 2.05) is 13.8 Å². The Morgan fingerprint density at radius 2 is 1.77 bits per heavy atom. The number of hydrogen-bond donors (Lipinski definition) is 0. The van der Waals surface area contributed by atoms with Crippen molar-refractivity contribution < 1.29 is 19.2 Å². The minimum absolute atomic E-state index is 0.0283. The summed E-state index contributed by atoms with van der Waals surface area (Å²) in [7, 11) is 1.43. The standard InChI is InChI=1S/C18H19ClN2O5/c1-4-20(5-2)18(22)12-6-8-16(17(10-12)25-3)26-15-9-7-13(19)11-14(15)21(23)24/h6-11H,4-5H2,1-3H3. The van der Waals surface area contributed by atoms with Gasteiger partial charge in [-0.3, -0.25) is 14.9 Å². The minimum atomic E-state index is -0.577. The molecule has 8 heteroatoms. The first-order valence-corrected chi connectivity index (χ1v) is 8.38. The van der Waals surface area contributed by atoms with E-state index < -0.39 is 4.92 Å². The molecule has 0 aromatic heterocycles. The number of halogens is 1. The summed E-state index contributed by atoms with van der Waals surface area (Å²) >= 11 is 5.81. The maximum atomic E-state index is 12.5. The Morgan fingerprint density at radius 3 is 2.35 bits per heavy atom. The molecule has 26 heavy (non-hydrogen) atoms. The van der Waals surface area contributed by atoms with Gasteiger partial charge in [-0.25, -0.2) is 0 Å². The number of ether oxygens (including phenoxy) is 2. The number of rotatable bonds is 7. The number of benzene rings is 2. The van der Waals surface area contributed by atoms with Gasteiger partial charge in [0, 0.05) is 29.7 Å². The van der Waals surface area contributed by atoms with E-state index in [4.69, 9.17) is 21.1 Å². The second-order valence-electron chi connectivity index (χ2n) is 5.31. The van der Waals surface area contributed by atoms with Crippen LogP contribution in [0.15, 0.2) is 36.4 Å². The Balaban J connectivity index is 2.37. The van der Waals surface area contributed by atoms with E-state index in [2.05, 4.69) is 0 Å². The third-order valence-corrected chi connectivity index (χ3v) is 4.03. The monoisotopic (exact) mass is 378 g/mol. The maximum Gasteiger partial charge on any atom is 0.313 e. The van der Waals surface area contributed by atoms with Crippen molar-refractivity contribution in [1.29, 1.82) is 0 Å². The molecule has 0 spiro atoms. The lowest BCUT2D eigenvalue weighted by atomic mass is 10.1. The molecule has 0 saturated carbocycles. The van der Waals surface area contributed by atoms with Crippen molar-refractivity contribution in [2.45, 2.75) is 13.8 Å². The highest BCUT2D eigenvalue weighted by atomic mass is 35.5. The summed E-state index contributed by atoms with van der Waals surface area (Å²) in [5.74, 6) is 0.458. The molecule has 2 rings (SSSR count). The van der Waals surface area contributed by atoms with Gasteiger partial charge in [0.25, 0.3) is 5.91 Å². The summed E-state index contributed by atoms with van der Waals surface area (Å²) in [6, 6.07) is 8.82. The first-order valence-electron chi connectivity index (χ1n) is 8.00. The number of methoxy groups -OCH3 is 1. The number of nitro groups is 1. The molecule has 0 aliphatic carbocycles. The molecule has 0 bridgehead atoms. The maximum absolute atomic E-state index is 12.5. The van der Waals surface area contributed by atoms with Crippen LogP contribution in [0.25, 0.3) is 0 Å². The molecule has 138 valence electrons. The number of carbonyl (C=O) groups is 1. The van der Waals surface area contributed by atoms with Gasteiger partial charge in [-0.1, -0.05) is 11.6 Å². The Morgan fingerprint density at radius 1 is 1.12 bits per heavy atom. The molecule has 0 N–H and O–H groups in total. The Hall–Kier alpha value is -2.80. The van der Waals surface area contributed by atoms with E-state index in [0.717, 1.165) is 0 Å². The Kier molecular flexibility index (Phi) is 6.41. The zero-order chi connectivity index (χ0) is 19.3. The molecule has 0 aliphatic heterocycles. The zero-order valence-electron chi connectivity index (χ0n) is 14.7. The number of nitrogens with zero attached hydrogens (tertiary/aromatic N) is 2. The van der Waals surface area contributed by atoms with Crippen LogP contribution in [0.5, 0.6) is 17.2 Å². The lowest BCUT2D eigenvalue weighted by Gasteiger charge is -2.19. The van der Waals surface area contributed by atoms with E-state index in [1.165, 1.54) is 25.3 Å². The van der Waals surface area contributed by atoms with Crippen molar-refractivity contribution in [1.82, 2.24) is 4.90 Å². The molecule has 0 fully saturated rings. The molecular weight excluding hydrogens is 360 g/mol. The number of amides is 1. The molecule has 0 saturated heterocycles. The van der Waals surface area contributed by atoms with Crippen molar-refractivity contribution in [3.05, 3.63) is 57.1 Å². The summed E-state index contributed by atoms with van der Waals surface area (Å²) in [6.07, 6.45) is 0. The second kappa shape index (κ2) is 8.53. The Labute approximate surface area is 156 Å². The molecule has 0 radical (unpaired) electrons. The zero-order valence-corrected chi connectivity index (χ0v) is 15.4. The summed E-state index contributed by atoms with van der Waals surface area (Å²) in [5, 5.41) is 11.4. The van der Waals surface area contributed by atoms with E-state index in [1.54, 1.807) is 23.1 Å². The molecule has 1 amide bonds. The van der Waals surface area contributed by atoms with Gasteiger partial charge in [0.15, 0.2) is 11.5 Å². The highest BCUT2D eigenvalue weighted by Gasteiger charge is 2.20. The van der Waals surface area contributed by atoms with Gasteiger partial charge in [-0.2, -0.15) is 0 Å². The largest absolute Gasteiger partial charge is 0.493 e. The van der Waals surface area contributed by atoms with Gasteiger partial charge >= 0.3 is 5.69 Å². The second-order valence-corrected chi connectivity index (χ2v) is 5.75. The van der Waals surface area contributed by atoms with Crippen LogP contribution in [-0.4, -0.2) is 35.9 Å². The van der Waals surface area contributed by atoms with Crippen molar-refractivity contribution in [3.63, 3.8) is 0 Å². The lowest BCUT2D eigenvalue weighted by molar-refractivity contribution is -0.385. The molecule has 7 nitrogen and oxygen atoms in total. The molecule has 2 aromatic carbocycles. The average molecular weight is 379 g/mol. The van der Waals surface area contributed by atoms with Gasteiger partial charge in [-0.05, 0) is 44.2 Å². The predicted molar refractivity (Wildman–Crippen MR) is 98.4 cm³/mol. The third kappa shape index (κ3) is 4.23. The SMILES string of the molecule is CCN(CC)C(=O)c1ccc(Oc2ccc(Cl)cc2[N+](=O)[O-])c(OC)c1. The van der Waals surface area contributed by atoms with Gasteiger partial charge < -0.3 is 14.4 Å². The summed E-state index contributed by atoms with van der Waals surface area (Å²) in [4.78, 5) is 24.7. The summed E-state index contributed by atoms with van der Waals surface area (Å²) in [5.41, 5.74) is 0.186. The van der Waals surface area contributed by atoms with Crippen LogP contribution in [-0.2, 0) is 0 Å². The van der Waals surface area contributed by atoms with Crippen LogP contribution in [0.3, 0.4) is 0 Å².